The molecule has 0 radical (unpaired) electrons. The van der Waals surface area contributed by atoms with Crippen molar-refractivity contribution in [2.24, 2.45) is 0 Å². The highest BCUT2D eigenvalue weighted by molar-refractivity contribution is 5.85. The topological polar surface area (TPSA) is 34.2 Å². The number of methoxy groups -OCH3 is 1. The molecule has 3 rings (SSSR count). The van der Waals surface area contributed by atoms with Crippen LogP contribution in [0.5, 0.6) is 11.5 Å². The average Bonchev–Trinajstić information content (AvgIpc) is 2.84. The Kier molecular flexibility index (Phi) is 6.96. The molecule has 2 heterocycles. The lowest BCUT2D eigenvalue weighted by Crippen LogP contribution is -2.48. The van der Waals surface area contributed by atoms with Crippen LogP contribution in [0.15, 0.2) is 18.2 Å². The Labute approximate surface area is 144 Å². The highest BCUT2D eigenvalue weighted by Gasteiger charge is 2.23. The maximum absolute atomic E-state index is 5.60. The Morgan fingerprint density at radius 1 is 1.13 bits per heavy atom. The third-order valence-electron chi connectivity index (χ3n) is 4.49. The zero-order chi connectivity index (χ0) is 15.4. The highest BCUT2D eigenvalue weighted by Crippen LogP contribution is 2.33. The number of ether oxygens (including phenoxy) is 3. The van der Waals surface area contributed by atoms with E-state index in [0.29, 0.717) is 6.79 Å². The van der Waals surface area contributed by atoms with Crippen LogP contribution in [-0.4, -0.2) is 43.2 Å². The van der Waals surface area contributed by atoms with Gasteiger partial charge in [-0.25, -0.2) is 10.0 Å². The molecular formula is C17H27ClN2O3. The Morgan fingerprint density at radius 3 is 2.52 bits per heavy atom. The number of hydrogen-bond acceptors (Lipinski definition) is 5. The molecule has 1 unspecified atom stereocenters. The minimum atomic E-state index is 0. The van der Waals surface area contributed by atoms with E-state index in [1.807, 2.05) is 6.07 Å². The van der Waals surface area contributed by atoms with Crippen molar-refractivity contribution in [2.75, 3.05) is 27.0 Å². The molecule has 0 saturated carbocycles. The molecule has 6 heteroatoms. The Bertz CT molecular complexity index is 493. The molecule has 1 saturated heterocycles. The zero-order valence-electron chi connectivity index (χ0n) is 14.0. The van der Waals surface area contributed by atoms with Crippen LogP contribution in [0.2, 0.25) is 0 Å². The molecule has 0 N–H and O–H groups in total. The summed E-state index contributed by atoms with van der Waals surface area (Å²) in [5, 5.41) is 4.79. The van der Waals surface area contributed by atoms with Crippen molar-refractivity contribution < 1.29 is 14.2 Å². The van der Waals surface area contributed by atoms with E-state index in [-0.39, 0.29) is 18.6 Å². The molecule has 1 fully saturated rings. The largest absolute Gasteiger partial charge is 0.454 e. The molecule has 0 amide bonds. The van der Waals surface area contributed by atoms with Gasteiger partial charge in [-0.1, -0.05) is 18.9 Å². The molecule has 0 spiro atoms. The second-order valence-corrected chi connectivity index (χ2v) is 5.99. The maximum Gasteiger partial charge on any atom is 0.231 e. The van der Waals surface area contributed by atoms with E-state index in [2.05, 4.69) is 29.1 Å². The number of fused-ring (bicyclic) bond motifs is 1. The van der Waals surface area contributed by atoms with Crippen LogP contribution < -0.4 is 9.47 Å². The van der Waals surface area contributed by atoms with Crippen LogP contribution in [0, 0.1) is 0 Å². The first-order chi connectivity index (χ1) is 10.8. The first-order valence-corrected chi connectivity index (χ1v) is 8.21. The first kappa shape index (κ1) is 18.3. The van der Waals surface area contributed by atoms with Gasteiger partial charge in [0.15, 0.2) is 11.5 Å². The van der Waals surface area contributed by atoms with Crippen molar-refractivity contribution in [3.05, 3.63) is 23.8 Å². The van der Waals surface area contributed by atoms with Crippen LogP contribution in [0.25, 0.3) is 0 Å². The Balaban J connectivity index is 0.00000192. The van der Waals surface area contributed by atoms with Crippen molar-refractivity contribution in [1.82, 2.24) is 10.0 Å². The predicted molar refractivity (Wildman–Crippen MR) is 91.9 cm³/mol. The summed E-state index contributed by atoms with van der Waals surface area (Å²) in [5.41, 5.74) is 1.22. The summed E-state index contributed by atoms with van der Waals surface area (Å²) in [6.45, 7) is 5.48. The zero-order valence-corrected chi connectivity index (χ0v) is 14.8. The fraction of sp³-hybridized carbons (Fsp3) is 0.647. The number of hydrogen-bond donors (Lipinski definition) is 0. The van der Waals surface area contributed by atoms with Gasteiger partial charge in [-0.2, -0.15) is 0 Å². The van der Waals surface area contributed by atoms with Gasteiger partial charge in [0.05, 0.1) is 0 Å². The van der Waals surface area contributed by atoms with Gasteiger partial charge in [0.1, 0.15) is 6.23 Å². The Hall–Kier alpha value is -1.01. The van der Waals surface area contributed by atoms with E-state index >= 15 is 0 Å². The molecule has 2 aliphatic rings. The molecule has 1 aromatic rings. The minimum absolute atomic E-state index is 0. The van der Waals surface area contributed by atoms with Gasteiger partial charge >= 0.3 is 0 Å². The van der Waals surface area contributed by atoms with Crippen LogP contribution in [0.3, 0.4) is 0 Å². The summed E-state index contributed by atoms with van der Waals surface area (Å²) < 4.78 is 16.5. The molecule has 2 aliphatic heterocycles. The monoisotopic (exact) mass is 342 g/mol. The third kappa shape index (κ3) is 4.51. The lowest BCUT2D eigenvalue weighted by molar-refractivity contribution is -0.151. The quantitative estimate of drug-likeness (QED) is 0.766. The molecule has 0 bridgehead atoms. The van der Waals surface area contributed by atoms with Gasteiger partial charge < -0.3 is 14.2 Å². The summed E-state index contributed by atoms with van der Waals surface area (Å²) >= 11 is 0. The van der Waals surface area contributed by atoms with Crippen molar-refractivity contribution in [1.29, 1.82) is 0 Å². The van der Waals surface area contributed by atoms with Crippen LogP contribution in [-0.2, 0) is 11.3 Å². The molecule has 130 valence electrons. The van der Waals surface area contributed by atoms with Crippen molar-refractivity contribution in [3.8, 4) is 11.5 Å². The van der Waals surface area contributed by atoms with Gasteiger partial charge in [-0.05, 0) is 37.5 Å². The van der Waals surface area contributed by atoms with E-state index < -0.39 is 0 Å². The third-order valence-corrected chi connectivity index (χ3v) is 4.49. The predicted octanol–water partition coefficient (Wildman–Crippen LogP) is 3.42. The number of halogens is 1. The number of hydrazine groups is 1. The fourth-order valence-electron chi connectivity index (χ4n) is 3.12. The molecule has 5 nitrogen and oxygen atoms in total. The number of nitrogens with zero attached hydrogens (tertiary/aromatic N) is 2. The highest BCUT2D eigenvalue weighted by atomic mass is 35.5. The van der Waals surface area contributed by atoms with Crippen LogP contribution in [0.4, 0.5) is 0 Å². The maximum atomic E-state index is 5.60. The molecule has 0 aliphatic carbocycles. The normalized spacial score (nSPS) is 19.3. The van der Waals surface area contributed by atoms with Gasteiger partial charge in [0.2, 0.25) is 6.79 Å². The minimum Gasteiger partial charge on any atom is -0.454 e. The number of benzene rings is 1. The van der Waals surface area contributed by atoms with E-state index in [4.69, 9.17) is 14.2 Å². The van der Waals surface area contributed by atoms with E-state index in [0.717, 1.165) is 31.1 Å². The second-order valence-electron chi connectivity index (χ2n) is 5.99. The van der Waals surface area contributed by atoms with Gasteiger partial charge in [0.25, 0.3) is 0 Å². The van der Waals surface area contributed by atoms with Crippen LogP contribution in [0.1, 0.15) is 38.2 Å². The van der Waals surface area contributed by atoms with Gasteiger partial charge in [-0.15, -0.1) is 12.4 Å². The molecule has 0 aromatic heterocycles. The summed E-state index contributed by atoms with van der Waals surface area (Å²) in [6.07, 6.45) is 5.23. The standard InChI is InChI=1S/C17H26N2O3.ClH/c1-14(20-2)19(18-9-5-3-4-6-10-18)12-15-7-8-16-17(11-15)22-13-21-16;/h7-8,11,14H,3-6,9-10,12-13H2,1-2H3;1H. The summed E-state index contributed by atoms with van der Waals surface area (Å²) in [4.78, 5) is 0. The van der Waals surface area contributed by atoms with E-state index in [1.165, 1.54) is 31.2 Å². The van der Waals surface area contributed by atoms with Crippen LogP contribution >= 0.6 is 12.4 Å². The SMILES string of the molecule is COC(C)N(Cc1ccc2c(c1)OCO2)N1CCCCCC1.Cl. The number of rotatable bonds is 5. The fourth-order valence-corrected chi connectivity index (χ4v) is 3.12. The van der Waals surface area contributed by atoms with E-state index in [1.54, 1.807) is 7.11 Å². The molecular weight excluding hydrogens is 316 g/mol. The smallest absolute Gasteiger partial charge is 0.231 e. The molecule has 23 heavy (non-hydrogen) atoms. The average molecular weight is 343 g/mol. The Morgan fingerprint density at radius 2 is 1.83 bits per heavy atom. The van der Waals surface area contributed by atoms with Crippen molar-refractivity contribution in [2.45, 2.75) is 45.4 Å². The summed E-state index contributed by atoms with van der Waals surface area (Å²) in [7, 11) is 1.77. The van der Waals surface area contributed by atoms with Crippen molar-refractivity contribution in [3.63, 3.8) is 0 Å². The summed E-state index contributed by atoms with van der Waals surface area (Å²) in [5.74, 6) is 1.68. The summed E-state index contributed by atoms with van der Waals surface area (Å²) in [6, 6.07) is 6.19. The van der Waals surface area contributed by atoms with E-state index in [9.17, 15) is 0 Å². The second kappa shape index (κ2) is 8.73. The lowest BCUT2D eigenvalue weighted by atomic mass is 10.2. The molecule has 1 atom stereocenters. The van der Waals surface area contributed by atoms with Crippen molar-refractivity contribution >= 4 is 12.4 Å². The molecule has 1 aromatic carbocycles. The lowest BCUT2D eigenvalue weighted by Gasteiger charge is -2.38. The first-order valence-electron chi connectivity index (χ1n) is 8.21. The van der Waals surface area contributed by atoms with Gasteiger partial charge in [0, 0.05) is 26.7 Å². The van der Waals surface area contributed by atoms with Gasteiger partial charge in [-0.3, -0.25) is 0 Å².